The van der Waals surface area contributed by atoms with Gasteiger partial charge in [0.15, 0.2) is 0 Å². The molecule has 0 aliphatic rings. The average Bonchev–Trinajstić information content (AvgIpc) is 2.16. The predicted molar refractivity (Wildman–Crippen MR) is 69.9 cm³/mol. The standard InChI is InChI=1S/C13H28N2O/c1-6-13(4,5)16-10-8-7-9-12(2,3)11(14)15/h6-10H2,1-5H3,(H3,14,15). The van der Waals surface area contributed by atoms with Gasteiger partial charge in [-0.2, -0.15) is 0 Å². The zero-order valence-electron chi connectivity index (χ0n) is 11.5. The van der Waals surface area contributed by atoms with Crippen LogP contribution < -0.4 is 5.73 Å². The Bertz CT molecular complexity index is 222. The molecule has 0 fully saturated rings. The van der Waals surface area contributed by atoms with E-state index in [0.717, 1.165) is 32.3 Å². The van der Waals surface area contributed by atoms with Crippen LogP contribution in [0.1, 0.15) is 60.3 Å². The molecule has 0 aromatic rings. The normalized spacial score (nSPS) is 12.8. The van der Waals surface area contributed by atoms with Gasteiger partial charge in [-0.3, -0.25) is 5.41 Å². The summed E-state index contributed by atoms with van der Waals surface area (Å²) in [5.74, 6) is 0.280. The Morgan fingerprint density at radius 1 is 1.19 bits per heavy atom. The Balaban J connectivity index is 3.66. The molecule has 16 heavy (non-hydrogen) atoms. The molecule has 0 spiro atoms. The monoisotopic (exact) mass is 228 g/mol. The van der Waals surface area contributed by atoms with Gasteiger partial charge in [0.25, 0.3) is 0 Å². The van der Waals surface area contributed by atoms with E-state index in [2.05, 4.69) is 20.8 Å². The van der Waals surface area contributed by atoms with Crippen LogP contribution in [0.25, 0.3) is 0 Å². The summed E-state index contributed by atoms with van der Waals surface area (Å²) in [4.78, 5) is 0. The van der Waals surface area contributed by atoms with E-state index < -0.39 is 0 Å². The summed E-state index contributed by atoms with van der Waals surface area (Å²) in [7, 11) is 0. The van der Waals surface area contributed by atoms with Gasteiger partial charge in [0, 0.05) is 12.0 Å². The summed E-state index contributed by atoms with van der Waals surface area (Å²) >= 11 is 0. The minimum atomic E-state index is -0.166. The molecule has 0 saturated heterocycles. The van der Waals surface area contributed by atoms with Gasteiger partial charge in [-0.1, -0.05) is 27.2 Å². The Morgan fingerprint density at radius 3 is 2.19 bits per heavy atom. The highest BCUT2D eigenvalue weighted by atomic mass is 16.5. The van der Waals surface area contributed by atoms with Crippen LogP contribution in [0.4, 0.5) is 0 Å². The van der Waals surface area contributed by atoms with E-state index >= 15 is 0 Å². The second-order valence-corrected chi connectivity index (χ2v) is 5.72. The maximum absolute atomic E-state index is 7.45. The van der Waals surface area contributed by atoms with Crippen molar-refractivity contribution in [3.63, 3.8) is 0 Å². The molecule has 0 heterocycles. The van der Waals surface area contributed by atoms with Gasteiger partial charge in [0.1, 0.15) is 0 Å². The van der Waals surface area contributed by atoms with Crippen molar-refractivity contribution in [3.8, 4) is 0 Å². The number of nitrogens with one attached hydrogen (secondary N) is 1. The maximum Gasteiger partial charge on any atom is 0.0963 e. The minimum Gasteiger partial charge on any atom is -0.387 e. The van der Waals surface area contributed by atoms with Gasteiger partial charge in [-0.05, 0) is 33.1 Å². The van der Waals surface area contributed by atoms with Crippen molar-refractivity contribution in [1.82, 2.24) is 0 Å². The topological polar surface area (TPSA) is 59.1 Å². The van der Waals surface area contributed by atoms with Crippen LogP contribution in [0.3, 0.4) is 0 Å². The number of ether oxygens (including phenoxy) is 1. The van der Waals surface area contributed by atoms with Crippen molar-refractivity contribution >= 4 is 5.84 Å². The first-order valence-corrected chi connectivity index (χ1v) is 6.20. The number of hydrogen-bond donors (Lipinski definition) is 2. The first kappa shape index (κ1) is 15.4. The van der Waals surface area contributed by atoms with E-state index in [1.54, 1.807) is 0 Å². The second kappa shape index (κ2) is 6.24. The van der Waals surface area contributed by atoms with Crippen molar-refractivity contribution in [2.24, 2.45) is 11.1 Å². The third kappa shape index (κ3) is 6.11. The Kier molecular flexibility index (Phi) is 6.01. The molecule has 0 aliphatic heterocycles. The van der Waals surface area contributed by atoms with Crippen molar-refractivity contribution in [3.05, 3.63) is 0 Å². The Morgan fingerprint density at radius 2 is 1.75 bits per heavy atom. The lowest BCUT2D eigenvalue weighted by molar-refractivity contribution is -0.0220. The molecule has 0 bridgehead atoms. The van der Waals surface area contributed by atoms with Crippen molar-refractivity contribution in [2.45, 2.75) is 65.9 Å². The lowest BCUT2D eigenvalue weighted by Gasteiger charge is -2.25. The molecule has 0 atom stereocenters. The zero-order chi connectivity index (χ0) is 12.8. The van der Waals surface area contributed by atoms with Gasteiger partial charge in [-0.25, -0.2) is 0 Å². The molecular formula is C13H28N2O. The fourth-order valence-corrected chi connectivity index (χ4v) is 1.25. The van der Waals surface area contributed by atoms with Crippen molar-refractivity contribution in [2.75, 3.05) is 6.61 Å². The first-order chi connectivity index (χ1) is 7.21. The highest BCUT2D eigenvalue weighted by Gasteiger charge is 2.21. The molecule has 0 aliphatic carbocycles. The average molecular weight is 228 g/mol. The van der Waals surface area contributed by atoms with E-state index in [9.17, 15) is 0 Å². The largest absolute Gasteiger partial charge is 0.387 e. The molecule has 0 radical (unpaired) electrons. The summed E-state index contributed by atoms with van der Waals surface area (Å²) in [5, 5.41) is 7.45. The molecule has 0 aromatic carbocycles. The second-order valence-electron chi connectivity index (χ2n) is 5.72. The van der Waals surface area contributed by atoms with E-state index in [1.165, 1.54) is 0 Å². The minimum absolute atomic E-state index is 0.00388. The van der Waals surface area contributed by atoms with E-state index in [1.807, 2.05) is 13.8 Å². The SMILES string of the molecule is CCC(C)(C)OCCCCC(C)(C)C(=N)N. The van der Waals surface area contributed by atoms with Crippen LogP contribution in [0.2, 0.25) is 0 Å². The number of amidine groups is 1. The van der Waals surface area contributed by atoms with E-state index in [4.69, 9.17) is 15.9 Å². The number of unbranched alkanes of at least 4 members (excludes halogenated alkanes) is 1. The van der Waals surface area contributed by atoms with Gasteiger partial charge in [0.05, 0.1) is 11.4 Å². The third-order valence-corrected chi connectivity index (χ3v) is 3.27. The quantitative estimate of drug-likeness (QED) is 0.380. The molecule has 0 amide bonds. The molecule has 0 saturated carbocycles. The zero-order valence-corrected chi connectivity index (χ0v) is 11.5. The van der Waals surface area contributed by atoms with Gasteiger partial charge >= 0.3 is 0 Å². The van der Waals surface area contributed by atoms with Crippen LogP contribution in [-0.4, -0.2) is 18.0 Å². The molecule has 0 rings (SSSR count). The fraction of sp³-hybridized carbons (Fsp3) is 0.923. The first-order valence-electron chi connectivity index (χ1n) is 6.20. The van der Waals surface area contributed by atoms with Gasteiger partial charge in [0.2, 0.25) is 0 Å². The summed E-state index contributed by atoms with van der Waals surface area (Å²) in [5.41, 5.74) is 5.36. The van der Waals surface area contributed by atoms with Crippen LogP contribution in [0, 0.1) is 10.8 Å². The predicted octanol–water partition coefficient (Wildman–Crippen LogP) is 3.32. The molecular weight excluding hydrogens is 200 g/mol. The Labute approximate surface area is 100 Å². The molecule has 0 unspecified atom stereocenters. The molecule has 0 aromatic heterocycles. The van der Waals surface area contributed by atoms with E-state index in [-0.39, 0.29) is 16.9 Å². The van der Waals surface area contributed by atoms with E-state index in [0.29, 0.717) is 0 Å². The van der Waals surface area contributed by atoms with Gasteiger partial charge in [-0.15, -0.1) is 0 Å². The molecule has 3 heteroatoms. The summed E-state index contributed by atoms with van der Waals surface area (Å²) < 4.78 is 5.77. The maximum atomic E-state index is 7.45. The van der Waals surface area contributed by atoms with Crippen molar-refractivity contribution < 1.29 is 4.74 Å². The number of rotatable bonds is 8. The van der Waals surface area contributed by atoms with Crippen LogP contribution in [-0.2, 0) is 4.74 Å². The summed E-state index contributed by atoms with van der Waals surface area (Å²) in [6, 6.07) is 0. The highest BCUT2D eigenvalue weighted by Crippen LogP contribution is 2.23. The molecule has 3 nitrogen and oxygen atoms in total. The molecule has 3 N–H and O–H groups in total. The summed E-state index contributed by atoms with van der Waals surface area (Å²) in [6.45, 7) is 11.2. The summed E-state index contributed by atoms with van der Waals surface area (Å²) in [6.07, 6.45) is 4.09. The Hall–Kier alpha value is -0.570. The smallest absolute Gasteiger partial charge is 0.0963 e. The van der Waals surface area contributed by atoms with Crippen LogP contribution in [0.15, 0.2) is 0 Å². The van der Waals surface area contributed by atoms with Gasteiger partial charge < -0.3 is 10.5 Å². The number of nitrogens with two attached hydrogens (primary N) is 1. The van der Waals surface area contributed by atoms with Crippen LogP contribution in [0.5, 0.6) is 0 Å². The van der Waals surface area contributed by atoms with Crippen molar-refractivity contribution in [1.29, 1.82) is 5.41 Å². The highest BCUT2D eigenvalue weighted by molar-refractivity contribution is 5.82. The third-order valence-electron chi connectivity index (χ3n) is 3.27. The number of hydrogen-bond acceptors (Lipinski definition) is 2. The fourth-order valence-electron chi connectivity index (χ4n) is 1.25. The lowest BCUT2D eigenvalue weighted by Crippen LogP contribution is -2.30. The lowest BCUT2D eigenvalue weighted by atomic mass is 9.86. The molecule has 96 valence electrons. The van der Waals surface area contributed by atoms with Crippen LogP contribution >= 0.6 is 0 Å².